The van der Waals surface area contributed by atoms with Crippen LogP contribution in [-0.2, 0) is 6.54 Å². The quantitative estimate of drug-likeness (QED) is 0.579. The Balaban J connectivity index is 1.67. The Morgan fingerprint density at radius 3 is 2.61 bits per heavy atom. The highest BCUT2D eigenvalue weighted by Gasteiger charge is 2.15. The number of aliphatic hydroxyl groups excluding tert-OH is 1. The number of nitrogens with zero attached hydrogens (tertiary/aromatic N) is 3. The van der Waals surface area contributed by atoms with Crippen LogP contribution >= 0.6 is 0 Å². The molecule has 0 saturated heterocycles. The number of halogens is 1. The first-order valence-corrected chi connectivity index (χ1v) is 8.72. The van der Waals surface area contributed by atoms with Gasteiger partial charge in [-0.3, -0.25) is 4.79 Å². The molecule has 7 heteroatoms. The Labute approximate surface area is 160 Å². The van der Waals surface area contributed by atoms with Gasteiger partial charge in [0.15, 0.2) is 0 Å². The van der Waals surface area contributed by atoms with Crippen LogP contribution in [0.3, 0.4) is 0 Å². The molecule has 2 aromatic carbocycles. The van der Waals surface area contributed by atoms with Gasteiger partial charge in [0, 0.05) is 23.5 Å². The van der Waals surface area contributed by atoms with Crippen molar-refractivity contribution in [3.8, 4) is 17.0 Å². The second-order valence-electron chi connectivity index (χ2n) is 6.38. The third-order valence-electron chi connectivity index (χ3n) is 4.62. The molecule has 142 valence electrons. The topological polar surface area (TPSA) is 68.8 Å². The molecule has 1 N–H and O–H groups in total. The number of fused-ring (bicyclic) bond motifs is 1. The van der Waals surface area contributed by atoms with Gasteiger partial charge in [-0.15, -0.1) is 0 Å². The van der Waals surface area contributed by atoms with Crippen molar-refractivity contribution in [2.75, 3.05) is 7.11 Å². The molecule has 4 aromatic rings. The molecule has 6 nitrogen and oxygen atoms in total. The highest BCUT2D eigenvalue weighted by Crippen LogP contribution is 2.22. The van der Waals surface area contributed by atoms with E-state index >= 15 is 0 Å². The summed E-state index contributed by atoms with van der Waals surface area (Å²) in [5.74, 6) is 0.229. The Bertz CT molecular complexity index is 1180. The van der Waals surface area contributed by atoms with Crippen LogP contribution in [0.2, 0.25) is 0 Å². The first-order valence-electron chi connectivity index (χ1n) is 8.72. The molecule has 0 aliphatic heterocycles. The summed E-state index contributed by atoms with van der Waals surface area (Å²) >= 11 is 0. The minimum absolute atomic E-state index is 0.0562. The predicted molar refractivity (Wildman–Crippen MR) is 103 cm³/mol. The lowest BCUT2D eigenvalue weighted by Gasteiger charge is -2.13. The van der Waals surface area contributed by atoms with Crippen LogP contribution in [0.15, 0.2) is 71.8 Å². The first-order chi connectivity index (χ1) is 13.6. The Hall–Kier alpha value is -3.45. The minimum Gasteiger partial charge on any atom is -0.497 e. The van der Waals surface area contributed by atoms with Crippen molar-refractivity contribution in [2.45, 2.75) is 12.6 Å². The van der Waals surface area contributed by atoms with Crippen LogP contribution in [0.1, 0.15) is 11.7 Å². The van der Waals surface area contributed by atoms with E-state index in [1.165, 1.54) is 27.4 Å². The van der Waals surface area contributed by atoms with Gasteiger partial charge in [0.05, 0.1) is 25.5 Å². The van der Waals surface area contributed by atoms with E-state index in [2.05, 4.69) is 5.10 Å². The van der Waals surface area contributed by atoms with Gasteiger partial charge in [0.25, 0.3) is 5.56 Å². The number of aliphatic hydroxyl groups is 1. The smallest absolute Gasteiger partial charge is 0.276 e. The SMILES string of the molecule is COc1ccc(-c2cc3c(=O)n(CC(O)c4ccccc4F)ccn3n2)cc1. The average Bonchev–Trinajstić information content (AvgIpc) is 3.15. The fourth-order valence-corrected chi connectivity index (χ4v) is 3.10. The summed E-state index contributed by atoms with van der Waals surface area (Å²) in [5.41, 5.74) is 1.70. The maximum absolute atomic E-state index is 13.9. The van der Waals surface area contributed by atoms with Gasteiger partial charge in [-0.05, 0) is 36.4 Å². The van der Waals surface area contributed by atoms with Crippen LogP contribution in [0, 0.1) is 5.82 Å². The highest BCUT2D eigenvalue weighted by atomic mass is 19.1. The fraction of sp³-hybridized carbons (Fsp3) is 0.143. The maximum Gasteiger partial charge on any atom is 0.276 e. The van der Waals surface area contributed by atoms with Crippen LogP contribution in [-0.4, -0.2) is 26.4 Å². The van der Waals surface area contributed by atoms with E-state index in [0.717, 1.165) is 11.3 Å². The largest absolute Gasteiger partial charge is 0.497 e. The average molecular weight is 379 g/mol. The molecule has 0 fully saturated rings. The second-order valence-corrected chi connectivity index (χ2v) is 6.38. The Morgan fingerprint density at radius 1 is 1.14 bits per heavy atom. The molecule has 28 heavy (non-hydrogen) atoms. The number of hydrogen-bond donors (Lipinski definition) is 1. The van der Waals surface area contributed by atoms with Crippen LogP contribution in [0.4, 0.5) is 4.39 Å². The maximum atomic E-state index is 13.9. The predicted octanol–water partition coefficient (Wildman–Crippen LogP) is 3.04. The molecule has 1 unspecified atom stereocenters. The van der Waals surface area contributed by atoms with Crippen LogP contribution in [0.25, 0.3) is 16.8 Å². The van der Waals surface area contributed by atoms with E-state index in [1.54, 1.807) is 31.5 Å². The van der Waals surface area contributed by atoms with Gasteiger partial charge < -0.3 is 14.4 Å². The van der Waals surface area contributed by atoms with Gasteiger partial charge in [-0.2, -0.15) is 5.10 Å². The van der Waals surface area contributed by atoms with Gasteiger partial charge in [-0.25, -0.2) is 8.91 Å². The third-order valence-corrected chi connectivity index (χ3v) is 4.62. The lowest BCUT2D eigenvalue weighted by Crippen LogP contribution is -2.24. The van der Waals surface area contributed by atoms with E-state index in [1.807, 2.05) is 24.3 Å². The summed E-state index contributed by atoms with van der Waals surface area (Å²) < 4.78 is 21.9. The number of ether oxygens (including phenoxy) is 1. The first kappa shape index (κ1) is 17.9. The van der Waals surface area contributed by atoms with Crippen molar-refractivity contribution in [1.29, 1.82) is 0 Å². The number of aromatic nitrogens is 3. The number of rotatable bonds is 5. The Kier molecular flexibility index (Phi) is 4.67. The molecule has 1 atom stereocenters. The van der Waals surface area contributed by atoms with Crippen LogP contribution < -0.4 is 10.3 Å². The molecule has 0 bridgehead atoms. The van der Waals surface area contributed by atoms with E-state index in [4.69, 9.17) is 4.74 Å². The van der Waals surface area contributed by atoms with E-state index in [9.17, 15) is 14.3 Å². The van der Waals surface area contributed by atoms with E-state index < -0.39 is 11.9 Å². The molecule has 0 saturated carbocycles. The van der Waals surface area contributed by atoms with Gasteiger partial charge in [-0.1, -0.05) is 18.2 Å². The molecular formula is C21H18FN3O3. The number of benzene rings is 2. The zero-order valence-electron chi connectivity index (χ0n) is 15.1. The molecule has 0 amide bonds. The fourth-order valence-electron chi connectivity index (χ4n) is 3.10. The molecular weight excluding hydrogens is 361 g/mol. The highest BCUT2D eigenvalue weighted by molar-refractivity contribution is 5.66. The Morgan fingerprint density at radius 2 is 1.89 bits per heavy atom. The van der Waals surface area contributed by atoms with Crippen molar-refractivity contribution in [1.82, 2.24) is 14.2 Å². The van der Waals surface area contributed by atoms with Gasteiger partial charge in [0.1, 0.15) is 17.1 Å². The zero-order chi connectivity index (χ0) is 19.7. The zero-order valence-corrected chi connectivity index (χ0v) is 15.1. The molecule has 4 rings (SSSR count). The number of methoxy groups -OCH3 is 1. The molecule has 2 aromatic heterocycles. The van der Waals surface area contributed by atoms with E-state index in [-0.39, 0.29) is 17.7 Å². The summed E-state index contributed by atoms with van der Waals surface area (Å²) in [6.07, 6.45) is 2.03. The molecule has 2 heterocycles. The monoisotopic (exact) mass is 379 g/mol. The molecule has 0 radical (unpaired) electrons. The molecule has 0 aliphatic carbocycles. The summed E-state index contributed by atoms with van der Waals surface area (Å²) in [6.45, 7) is -0.0562. The lowest BCUT2D eigenvalue weighted by molar-refractivity contribution is 0.150. The van der Waals surface area contributed by atoms with Crippen molar-refractivity contribution in [3.05, 3.63) is 88.7 Å². The van der Waals surface area contributed by atoms with Crippen molar-refractivity contribution in [2.24, 2.45) is 0 Å². The third kappa shape index (κ3) is 3.27. The van der Waals surface area contributed by atoms with Gasteiger partial charge >= 0.3 is 0 Å². The number of hydrogen-bond acceptors (Lipinski definition) is 4. The standard InChI is InChI=1S/C21H18FN3O3/c1-28-15-8-6-14(7-9-15)18-12-19-21(27)24(10-11-25(19)23-18)13-20(26)16-4-2-3-5-17(16)22/h2-12,20,26H,13H2,1H3. The van der Waals surface area contributed by atoms with Crippen molar-refractivity contribution < 1.29 is 14.2 Å². The molecule has 0 aliphatic rings. The summed E-state index contributed by atoms with van der Waals surface area (Å²) in [6, 6.07) is 15.0. The summed E-state index contributed by atoms with van der Waals surface area (Å²) in [4.78, 5) is 12.8. The lowest BCUT2D eigenvalue weighted by atomic mass is 10.1. The summed E-state index contributed by atoms with van der Waals surface area (Å²) in [7, 11) is 1.60. The molecule has 0 spiro atoms. The second kappa shape index (κ2) is 7.28. The van der Waals surface area contributed by atoms with E-state index in [0.29, 0.717) is 11.2 Å². The summed E-state index contributed by atoms with van der Waals surface area (Å²) in [5, 5.41) is 14.8. The van der Waals surface area contributed by atoms with Gasteiger partial charge in [0.2, 0.25) is 0 Å². The van der Waals surface area contributed by atoms with Crippen LogP contribution in [0.5, 0.6) is 5.75 Å². The van der Waals surface area contributed by atoms with Crippen molar-refractivity contribution in [3.63, 3.8) is 0 Å². The van der Waals surface area contributed by atoms with Crippen molar-refractivity contribution >= 4 is 5.52 Å². The normalized spacial score (nSPS) is 12.2. The minimum atomic E-state index is -1.13.